The Morgan fingerprint density at radius 2 is 2.04 bits per heavy atom. The molecule has 7 heteroatoms. The number of nitrogens with one attached hydrogen (secondary N) is 3. The Balaban J connectivity index is 0.00000288. The summed E-state index contributed by atoms with van der Waals surface area (Å²) in [6.45, 7) is 5.70. The third-order valence-corrected chi connectivity index (χ3v) is 4.96. The molecular formula is C17H26ClN3O2S. The number of benzene rings is 1. The van der Waals surface area contributed by atoms with E-state index in [0.29, 0.717) is 0 Å². The van der Waals surface area contributed by atoms with Gasteiger partial charge in [0, 0.05) is 18.3 Å². The van der Waals surface area contributed by atoms with Crippen LogP contribution in [-0.2, 0) is 9.59 Å². The molecule has 1 heterocycles. The summed E-state index contributed by atoms with van der Waals surface area (Å²) in [5, 5.41) is 8.93. The summed E-state index contributed by atoms with van der Waals surface area (Å²) in [6.07, 6.45) is 2.11. The van der Waals surface area contributed by atoms with Crippen LogP contribution in [0.3, 0.4) is 0 Å². The summed E-state index contributed by atoms with van der Waals surface area (Å²) in [4.78, 5) is 24.1. The van der Waals surface area contributed by atoms with Crippen molar-refractivity contribution in [3.8, 4) is 0 Å². The van der Waals surface area contributed by atoms with Gasteiger partial charge in [0.15, 0.2) is 0 Å². The van der Waals surface area contributed by atoms with Crippen molar-refractivity contribution in [3.63, 3.8) is 0 Å². The fourth-order valence-electron chi connectivity index (χ4n) is 2.40. The highest BCUT2D eigenvalue weighted by Crippen LogP contribution is 2.14. The average molecular weight is 372 g/mol. The van der Waals surface area contributed by atoms with E-state index in [2.05, 4.69) is 16.0 Å². The number of piperidine rings is 1. The maximum atomic E-state index is 12.1. The van der Waals surface area contributed by atoms with E-state index in [1.807, 2.05) is 38.1 Å². The first kappa shape index (κ1) is 20.8. The number of carbonyl (C=O) groups is 2. The molecule has 3 N–H and O–H groups in total. The van der Waals surface area contributed by atoms with Crippen molar-refractivity contribution in [2.75, 3.05) is 24.2 Å². The predicted octanol–water partition coefficient (Wildman–Crippen LogP) is 2.35. The molecule has 5 nitrogen and oxygen atoms in total. The highest BCUT2D eigenvalue weighted by Gasteiger charge is 2.20. The molecule has 1 aliphatic heterocycles. The molecule has 2 unspecified atom stereocenters. The van der Waals surface area contributed by atoms with Crippen LogP contribution in [0.25, 0.3) is 0 Å². The van der Waals surface area contributed by atoms with Crippen molar-refractivity contribution < 1.29 is 9.59 Å². The van der Waals surface area contributed by atoms with Crippen LogP contribution >= 0.6 is 24.2 Å². The van der Waals surface area contributed by atoms with Crippen LogP contribution in [0, 0.1) is 6.92 Å². The summed E-state index contributed by atoms with van der Waals surface area (Å²) in [5.41, 5.74) is 1.94. The van der Waals surface area contributed by atoms with Crippen LogP contribution in [0.1, 0.15) is 25.3 Å². The van der Waals surface area contributed by atoms with Gasteiger partial charge in [-0.2, -0.15) is 0 Å². The maximum absolute atomic E-state index is 12.1. The third kappa shape index (κ3) is 7.11. The van der Waals surface area contributed by atoms with Crippen LogP contribution in [-0.4, -0.2) is 41.9 Å². The Hall–Kier alpha value is -1.24. The molecule has 1 aromatic carbocycles. The Morgan fingerprint density at radius 1 is 1.33 bits per heavy atom. The number of thioether (sulfide) groups is 1. The topological polar surface area (TPSA) is 70.2 Å². The second-order valence-corrected chi connectivity index (χ2v) is 7.25. The molecule has 2 amide bonds. The summed E-state index contributed by atoms with van der Waals surface area (Å²) in [6, 6.07) is 7.88. The van der Waals surface area contributed by atoms with Crippen molar-refractivity contribution in [2.24, 2.45) is 0 Å². The Bertz CT molecular complexity index is 533. The summed E-state index contributed by atoms with van der Waals surface area (Å²) in [5.74, 6) is 0.190. The zero-order chi connectivity index (χ0) is 16.7. The lowest BCUT2D eigenvalue weighted by Crippen LogP contribution is -2.47. The normalized spacial score (nSPS) is 18.2. The van der Waals surface area contributed by atoms with Gasteiger partial charge >= 0.3 is 0 Å². The van der Waals surface area contributed by atoms with Gasteiger partial charge in [0.1, 0.15) is 0 Å². The minimum Gasteiger partial charge on any atom is -0.351 e. The van der Waals surface area contributed by atoms with Gasteiger partial charge in [-0.3, -0.25) is 9.59 Å². The van der Waals surface area contributed by atoms with Gasteiger partial charge in [0.2, 0.25) is 11.8 Å². The quantitative estimate of drug-likeness (QED) is 0.717. The Kier molecular flexibility index (Phi) is 9.18. The van der Waals surface area contributed by atoms with E-state index in [4.69, 9.17) is 0 Å². The molecule has 0 aliphatic carbocycles. The van der Waals surface area contributed by atoms with E-state index >= 15 is 0 Å². The Labute approximate surface area is 154 Å². The maximum Gasteiger partial charge on any atom is 0.234 e. The number of rotatable bonds is 6. The van der Waals surface area contributed by atoms with Crippen LogP contribution in [0.15, 0.2) is 24.3 Å². The minimum absolute atomic E-state index is 0. The molecule has 0 saturated carbocycles. The minimum atomic E-state index is -0.235. The lowest BCUT2D eigenvalue weighted by atomic mass is 10.1. The number of halogens is 1. The van der Waals surface area contributed by atoms with Crippen molar-refractivity contribution in [3.05, 3.63) is 29.8 Å². The van der Waals surface area contributed by atoms with Gasteiger partial charge in [-0.25, -0.2) is 0 Å². The van der Waals surface area contributed by atoms with Gasteiger partial charge in [-0.15, -0.1) is 24.2 Å². The second kappa shape index (κ2) is 10.6. The predicted molar refractivity (Wildman–Crippen MR) is 103 cm³/mol. The van der Waals surface area contributed by atoms with Crippen molar-refractivity contribution in [2.45, 2.75) is 38.0 Å². The highest BCUT2D eigenvalue weighted by molar-refractivity contribution is 8.01. The Morgan fingerprint density at radius 3 is 2.67 bits per heavy atom. The summed E-state index contributed by atoms with van der Waals surface area (Å²) >= 11 is 1.36. The zero-order valence-corrected chi connectivity index (χ0v) is 15.8. The average Bonchev–Trinajstić information content (AvgIpc) is 2.55. The van der Waals surface area contributed by atoms with E-state index in [1.165, 1.54) is 11.8 Å². The summed E-state index contributed by atoms with van der Waals surface area (Å²) < 4.78 is 0. The molecule has 0 aromatic heterocycles. The molecule has 1 fully saturated rings. The van der Waals surface area contributed by atoms with Crippen molar-refractivity contribution >= 4 is 41.7 Å². The van der Waals surface area contributed by atoms with Gasteiger partial charge < -0.3 is 16.0 Å². The SMILES string of the molecule is Cc1ccc(NC(=O)CSC(C)C(=O)NC2CCCNC2)cc1.Cl. The van der Waals surface area contributed by atoms with Gasteiger partial charge in [-0.05, 0) is 45.4 Å². The number of anilines is 1. The molecule has 0 bridgehead atoms. The molecule has 1 aliphatic rings. The number of amides is 2. The molecule has 1 saturated heterocycles. The van der Waals surface area contributed by atoms with Crippen LogP contribution in [0.5, 0.6) is 0 Å². The smallest absolute Gasteiger partial charge is 0.234 e. The van der Waals surface area contributed by atoms with Crippen LogP contribution in [0.4, 0.5) is 5.69 Å². The van der Waals surface area contributed by atoms with E-state index in [9.17, 15) is 9.59 Å². The fraction of sp³-hybridized carbons (Fsp3) is 0.529. The molecule has 0 radical (unpaired) electrons. The molecular weight excluding hydrogens is 346 g/mol. The van der Waals surface area contributed by atoms with E-state index < -0.39 is 0 Å². The van der Waals surface area contributed by atoms with Gasteiger partial charge in [0.25, 0.3) is 0 Å². The highest BCUT2D eigenvalue weighted by atomic mass is 35.5. The number of aryl methyl sites for hydroxylation is 1. The number of carbonyl (C=O) groups excluding carboxylic acids is 2. The second-order valence-electron chi connectivity index (χ2n) is 5.92. The number of hydrogen-bond donors (Lipinski definition) is 3. The van der Waals surface area contributed by atoms with Gasteiger partial charge in [0.05, 0.1) is 11.0 Å². The van der Waals surface area contributed by atoms with Crippen molar-refractivity contribution in [1.82, 2.24) is 10.6 Å². The first-order valence-electron chi connectivity index (χ1n) is 8.04. The number of hydrogen-bond acceptors (Lipinski definition) is 4. The standard InChI is InChI=1S/C17H25N3O2S.ClH/c1-12-5-7-14(8-6-12)19-16(21)11-23-13(2)17(22)20-15-4-3-9-18-10-15;/h5-8,13,15,18H,3-4,9-11H2,1-2H3,(H,19,21)(H,20,22);1H. The third-order valence-electron chi connectivity index (χ3n) is 3.81. The lowest BCUT2D eigenvalue weighted by Gasteiger charge is -2.25. The van der Waals surface area contributed by atoms with Crippen LogP contribution < -0.4 is 16.0 Å². The van der Waals surface area contributed by atoms with Gasteiger partial charge in [-0.1, -0.05) is 17.7 Å². The molecule has 2 rings (SSSR count). The zero-order valence-electron chi connectivity index (χ0n) is 14.1. The lowest BCUT2D eigenvalue weighted by molar-refractivity contribution is -0.121. The molecule has 1 aromatic rings. The van der Waals surface area contributed by atoms with E-state index in [0.717, 1.165) is 37.2 Å². The van der Waals surface area contributed by atoms with Crippen LogP contribution in [0.2, 0.25) is 0 Å². The molecule has 24 heavy (non-hydrogen) atoms. The van der Waals surface area contributed by atoms with E-state index in [1.54, 1.807) is 0 Å². The van der Waals surface area contributed by atoms with E-state index in [-0.39, 0.29) is 41.3 Å². The molecule has 2 atom stereocenters. The molecule has 134 valence electrons. The molecule has 0 spiro atoms. The first-order chi connectivity index (χ1) is 11.0. The largest absolute Gasteiger partial charge is 0.351 e. The van der Waals surface area contributed by atoms with Crippen molar-refractivity contribution in [1.29, 1.82) is 0 Å². The monoisotopic (exact) mass is 371 g/mol. The fourth-order valence-corrected chi connectivity index (χ4v) is 3.10. The summed E-state index contributed by atoms with van der Waals surface area (Å²) in [7, 11) is 0. The first-order valence-corrected chi connectivity index (χ1v) is 9.08.